The van der Waals surface area contributed by atoms with Crippen molar-refractivity contribution < 1.29 is 0 Å². The normalized spacial score (nSPS) is 19.7. The molecule has 5 heteroatoms. The highest BCUT2D eigenvalue weighted by Gasteiger charge is 2.23. The minimum absolute atomic E-state index is 0.611. The number of anilines is 2. The summed E-state index contributed by atoms with van der Waals surface area (Å²) in [4.78, 5) is 13.1. The van der Waals surface area contributed by atoms with Crippen molar-refractivity contribution in [2.75, 3.05) is 23.3 Å². The second-order valence-corrected chi connectivity index (χ2v) is 6.54. The largest absolute Gasteiger partial charge is 0.354 e. The van der Waals surface area contributed by atoms with Crippen molar-refractivity contribution in [1.29, 1.82) is 0 Å². The van der Waals surface area contributed by atoms with Gasteiger partial charge < -0.3 is 10.2 Å². The van der Waals surface area contributed by atoms with Crippen LogP contribution in [-0.4, -0.2) is 29.1 Å². The summed E-state index contributed by atoms with van der Waals surface area (Å²) in [6, 6.07) is 2.78. The van der Waals surface area contributed by atoms with E-state index in [4.69, 9.17) is 4.98 Å². The van der Waals surface area contributed by atoms with Gasteiger partial charge in [0.1, 0.15) is 10.6 Å². The van der Waals surface area contributed by atoms with Crippen LogP contribution < -0.4 is 10.2 Å². The van der Waals surface area contributed by atoms with Crippen molar-refractivity contribution in [3.05, 3.63) is 11.4 Å². The van der Waals surface area contributed by atoms with Crippen LogP contribution in [0.1, 0.15) is 46.0 Å². The highest BCUT2D eigenvalue weighted by Crippen LogP contribution is 2.33. The Labute approximate surface area is 130 Å². The third-order valence-corrected chi connectivity index (χ3v) is 5.07. The second kappa shape index (κ2) is 6.60. The lowest BCUT2D eigenvalue weighted by atomic mass is 10.1. The molecule has 21 heavy (non-hydrogen) atoms. The zero-order chi connectivity index (χ0) is 14.7. The quantitative estimate of drug-likeness (QED) is 0.915. The summed E-state index contributed by atoms with van der Waals surface area (Å²) < 4.78 is 0. The fourth-order valence-corrected chi connectivity index (χ4v) is 3.94. The van der Waals surface area contributed by atoms with Gasteiger partial charge in [0.25, 0.3) is 0 Å². The molecule has 1 fully saturated rings. The van der Waals surface area contributed by atoms with Gasteiger partial charge in [-0.25, -0.2) is 4.98 Å². The Kier molecular flexibility index (Phi) is 4.58. The van der Waals surface area contributed by atoms with E-state index in [-0.39, 0.29) is 0 Å². The zero-order valence-corrected chi connectivity index (χ0v) is 13.7. The molecule has 0 amide bonds. The van der Waals surface area contributed by atoms with Crippen LogP contribution >= 0.6 is 11.3 Å². The van der Waals surface area contributed by atoms with Crippen LogP contribution in [0, 0.1) is 0 Å². The first-order valence-corrected chi connectivity index (χ1v) is 8.97. The van der Waals surface area contributed by atoms with Crippen LogP contribution in [0.5, 0.6) is 0 Å². The maximum atomic E-state index is 4.84. The lowest BCUT2D eigenvalue weighted by Crippen LogP contribution is -2.35. The van der Waals surface area contributed by atoms with Gasteiger partial charge in [0.05, 0.1) is 5.39 Å². The van der Waals surface area contributed by atoms with E-state index in [2.05, 4.69) is 40.5 Å². The topological polar surface area (TPSA) is 41.1 Å². The first-order valence-electron chi connectivity index (χ1n) is 8.09. The Morgan fingerprint density at radius 3 is 3.00 bits per heavy atom. The molecule has 2 aromatic heterocycles. The molecule has 2 aromatic rings. The molecule has 114 valence electrons. The third-order valence-electron chi connectivity index (χ3n) is 4.26. The van der Waals surface area contributed by atoms with Crippen LogP contribution in [0.15, 0.2) is 11.4 Å². The molecule has 4 nitrogen and oxygen atoms in total. The second-order valence-electron chi connectivity index (χ2n) is 5.65. The Morgan fingerprint density at radius 1 is 1.29 bits per heavy atom. The van der Waals surface area contributed by atoms with Gasteiger partial charge in [0.15, 0.2) is 0 Å². The van der Waals surface area contributed by atoms with E-state index in [0.717, 1.165) is 29.7 Å². The van der Waals surface area contributed by atoms with Crippen molar-refractivity contribution in [3.63, 3.8) is 0 Å². The van der Waals surface area contributed by atoms with Crippen LogP contribution in [0.3, 0.4) is 0 Å². The maximum absolute atomic E-state index is 4.84. The molecule has 0 bridgehead atoms. The minimum Gasteiger partial charge on any atom is -0.354 e. The van der Waals surface area contributed by atoms with Gasteiger partial charge >= 0.3 is 0 Å². The Balaban J connectivity index is 2.05. The lowest BCUT2D eigenvalue weighted by molar-refractivity contribution is 0.553. The Hall–Kier alpha value is -1.36. The molecule has 1 aliphatic heterocycles. The number of thiophene rings is 1. The molecule has 1 aliphatic rings. The molecule has 0 spiro atoms. The molecular formula is C16H24N4S. The van der Waals surface area contributed by atoms with Gasteiger partial charge in [-0.3, -0.25) is 0 Å². The molecule has 1 saturated heterocycles. The predicted molar refractivity (Wildman–Crippen MR) is 91.5 cm³/mol. The summed E-state index contributed by atoms with van der Waals surface area (Å²) in [5.41, 5.74) is 0. The number of hydrogen-bond donors (Lipinski definition) is 1. The summed E-state index contributed by atoms with van der Waals surface area (Å²) in [7, 11) is 0. The first kappa shape index (κ1) is 14.6. The molecule has 3 rings (SSSR count). The van der Waals surface area contributed by atoms with Gasteiger partial charge in [0, 0.05) is 19.1 Å². The maximum Gasteiger partial charge on any atom is 0.226 e. The van der Waals surface area contributed by atoms with E-state index in [1.54, 1.807) is 11.3 Å². The summed E-state index contributed by atoms with van der Waals surface area (Å²) in [5, 5.41) is 6.61. The number of aromatic nitrogens is 2. The lowest BCUT2D eigenvalue weighted by Gasteiger charge is -2.31. The average molecular weight is 304 g/mol. The van der Waals surface area contributed by atoms with Gasteiger partial charge in [-0.1, -0.05) is 19.8 Å². The number of fused-ring (bicyclic) bond motifs is 1. The van der Waals surface area contributed by atoms with E-state index in [1.807, 2.05) is 0 Å². The number of hydrogen-bond acceptors (Lipinski definition) is 5. The molecule has 0 saturated carbocycles. The first-order chi connectivity index (χ1) is 10.3. The number of nitrogens with one attached hydrogen (secondary N) is 1. The average Bonchev–Trinajstić information content (AvgIpc) is 2.83. The molecule has 3 heterocycles. The SMILES string of the molecule is CCNc1nc(N2CCCCCC2CC)c2ccsc2n1. The predicted octanol–water partition coefficient (Wildman–Crippen LogP) is 4.28. The monoisotopic (exact) mass is 304 g/mol. The third kappa shape index (κ3) is 2.98. The van der Waals surface area contributed by atoms with Crippen molar-refractivity contribution in [2.24, 2.45) is 0 Å². The Morgan fingerprint density at radius 2 is 2.19 bits per heavy atom. The summed E-state index contributed by atoms with van der Waals surface area (Å²) in [5.74, 6) is 1.90. The van der Waals surface area contributed by atoms with Gasteiger partial charge in [-0.2, -0.15) is 4.98 Å². The van der Waals surface area contributed by atoms with E-state index >= 15 is 0 Å². The van der Waals surface area contributed by atoms with Crippen molar-refractivity contribution in [2.45, 2.75) is 52.0 Å². The molecule has 0 aliphatic carbocycles. The number of nitrogens with zero attached hydrogens (tertiary/aromatic N) is 3. The molecule has 1 unspecified atom stereocenters. The highest BCUT2D eigenvalue weighted by molar-refractivity contribution is 7.16. The van der Waals surface area contributed by atoms with Gasteiger partial charge in [-0.15, -0.1) is 11.3 Å². The van der Waals surface area contributed by atoms with Crippen molar-refractivity contribution >= 4 is 33.3 Å². The van der Waals surface area contributed by atoms with E-state index < -0.39 is 0 Å². The number of rotatable bonds is 4. The van der Waals surface area contributed by atoms with E-state index in [0.29, 0.717) is 6.04 Å². The fourth-order valence-electron chi connectivity index (χ4n) is 3.18. The zero-order valence-electron chi connectivity index (χ0n) is 12.9. The summed E-state index contributed by atoms with van der Waals surface area (Å²) in [6.45, 7) is 6.35. The smallest absolute Gasteiger partial charge is 0.226 e. The van der Waals surface area contributed by atoms with E-state index in [1.165, 1.54) is 37.5 Å². The van der Waals surface area contributed by atoms with E-state index in [9.17, 15) is 0 Å². The molecule has 0 radical (unpaired) electrons. The minimum atomic E-state index is 0.611. The molecule has 1 atom stereocenters. The van der Waals surface area contributed by atoms with Crippen LogP contribution in [-0.2, 0) is 0 Å². The molecular weight excluding hydrogens is 280 g/mol. The fraction of sp³-hybridized carbons (Fsp3) is 0.625. The Bertz CT molecular complexity index is 595. The van der Waals surface area contributed by atoms with Crippen LogP contribution in [0.4, 0.5) is 11.8 Å². The summed E-state index contributed by atoms with van der Waals surface area (Å²) >= 11 is 1.70. The van der Waals surface area contributed by atoms with Gasteiger partial charge in [-0.05, 0) is 37.6 Å². The highest BCUT2D eigenvalue weighted by atomic mass is 32.1. The van der Waals surface area contributed by atoms with Crippen molar-refractivity contribution in [3.8, 4) is 0 Å². The summed E-state index contributed by atoms with van der Waals surface area (Å²) in [6.07, 6.45) is 6.41. The molecule has 1 N–H and O–H groups in total. The molecule has 0 aromatic carbocycles. The van der Waals surface area contributed by atoms with Crippen LogP contribution in [0.25, 0.3) is 10.2 Å². The standard InChI is InChI=1S/C16H24N4S/c1-3-12-8-6-5-7-10-20(12)14-13-9-11-21-15(13)19-16(18-14)17-4-2/h9,11-12H,3-8,10H2,1-2H3,(H,17,18,19). The van der Waals surface area contributed by atoms with Crippen LogP contribution in [0.2, 0.25) is 0 Å². The van der Waals surface area contributed by atoms with Gasteiger partial charge in [0.2, 0.25) is 5.95 Å². The van der Waals surface area contributed by atoms with Crippen molar-refractivity contribution in [1.82, 2.24) is 9.97 Å².